The van der Waals surface area contributed by atoms with Gasteiger partial charge >= 0.3 is 5.97 Å². The van der Waals surface area contributed by atoms with E-state index in [-0.39, 0.29) is 18.0 Å². The number of carboxylic acids is 1. The van der Waals surface area contributed by atoms with E-state index in [9.17, 15) is 4.79 Å². The lowest BCUT2D eigenvalue weighted by atomic mass is 9.95. The fraction of sp³-hybridized carbons (Fsp3) is 0.538. The van der Waals surface area contributed by atoms with Crippen LogP contribution in [0.2, 0.25) is 0 Å². The molecule has 17 heavy (non-hydrogen) atoms. The Morgan fingerprint density at radius 2 is 2.00 bits per heavy atom. The van der Waals surface area contributed by atoms with Crippen LogP contribution in [0.5, 0.6) is 0 Å². The summed E-state index contributed by atoms with van der Waals surface area (Å²) < 4.78 is 0. The van der Waals surface area contributed by atoms with Gasteiger partial charge in [0.2, 0.25) is 0 Å². The molecule has 0 radical (unpaired) electrons. The number of nitrogens with zero attached hydrogens (tertiary/aromatic N) is 2. The van der Waals surface area contributed by atoms with Crippen molar-refractivity contribution in [2.45, 2.75) is 38.8 Å². The fourth-order valence-corrected chi connectivity index (χ4v) is 1.88. The first-order valence-electron chi connectivity index (χ1n) is 5.69. The highest BCUT2D eigenvalue weighted by Gasteiger charge is 2.30. The van der Waals surface area contributed by atoms with Crippen LogP contribution in [0, 0.1) is 0 Å². The van der Waals surface area contributed by atoms with Gasteiger partial charge in [-0.3, -0.25) is 14.7 Å². The molecule has 0 spiro atoms. The van der Waals surface area contributed by atoms with E-state index in [1.807, 2.05) is 33.0 Å². The van der Waals surface area contributed by atoms with E-state index in [1.54, 1.807) is 12.4 Å². The number of hydrogen-bond donors (Lipinski definition) is 1. The summed E-state index contributed by atoms with van der Waals surface area (Å²) in [7, 11) is 1.95. The second kappa shape index (κ2) is 5.27. The summed E-state index contributed by atoms with van der Waals surface area (Å²) in [6, 6.07) is 4.07. The van der Waals surface area contributed by atoms with E-state index < -0.39 is 5.97 Å². The van der Waals surface area contributed by atoms with E-state index in [0.29, 0.717) is 0 Å². The van der Waals surface area contributed by atoms with Crippen LogP contribution in [0.3, 0.4) is 0 Å². The zero-order valence-corrected chi connectivity index (χ0v) is 10.8. The maximum atomic E-state index is 10.8. The van der Waals surface area contributed by atoms with Crippen LogP contribution < -0.4 is 0 Å². The number of rotatable bonds is 5. The predicted octanol–water partition coefficient (Wildman–Crippen LogP) is 2.33. The van der Waals surface area contributed by atoms with Crippen LogP contribution in [0.25, 0.3) is 0 Å². The topological polar surface area (TPSA) is 53.4 Å². The van der Waals surface area contributed by atoms with Crippen molar-refractivity contribution in [1.82, 2.24) is 9.88 Å². The molecule has 1 atom stereocenters. The number of pyridine rings is 1. The first-order chi connectivity index (χ1) is 7.84. The maximum Gasteiger partial charge on any atom is 0.305 e. The second-order valence-electron chi connectivity index (χ2n) is 4.95. The van der Waals surface area contributed by atoms with E-state index in [0.717, 1.165) is 5.56 Å². The van der Waals surface area contributed by atoms with Crippen molar-refractivity contribution in [2.75, 3.05) is 7.05 Å². The van der Waals surface area contributed by atoms with Crippen molar-refractivity contribution in [3.63, 3.8) is 0 Å². The standard InChI is InChI=1S/C13H20N2O2/c1-10(11-5-7-14-8-6-11)15(4)13(2,3)9-12(16)17/h5-8,10H,9H2,1-4H3,(H,16,17). The van der Waals surface area contributed by atoms with Gasteiger partial charge in [-0.25, -0.2) is 0 Å². The van der Waals surface area contributed by atoms with Crippen molar-refractivity contribution >= 4 is 5.97 Å². The molecule has 1 heterocycles. The molecule has 0 fully saturated rings. The van der Waals surface area contributed by atoms with Gasteiger partial charge in [-0.1, -0.05) is 0 Å². The van der Waals surface area contributed by atoms with Gasteiger partial charge in [-0.15, -0.1) is 0 Å². The Kier molecular flexibility index (Phi) is 4.23. The first kappa shape index (κ1) is 13.6. The molecule has 0 saturated heterocycles. The van der Waals surface area contributed by atoms with Gasteiger partial charge in [0.05, 0.1) is 6.42 Å². The van der Waals surface area contributed by atoms with E-state index in [1.165, 1.54) is 0 Å². The van der Waals surface area contributed by atoms with Crippen LogP contribution in [0.15, 0.2) is 24.5 Å². The summed E-state index contributed by atoms with van der Waals surface area (Å²) >= 11 is 0. The third kappa shape index (κ3) is 3.53. The number of carbonyl (C=O) groups is 1. The molecule has 94 valence electrons. The Morgan fingerprint density at radius 3 is 2.47 bits per heavy atom. The van der Waals surface area contributed by atoms with Gasteiger partial charge in [0.1, 0.15) is 0 Å². The van der Waals surface area contributed by atoms with Gasteiger partial charge in [0, 0.05) is 24.0 Å². The second-order valence-corrected chi connectivity index (χ2v) is 4.95. The quantitative estimate of drug-likeness (QED) is 0.852. The molecular weight excluding hydrogens is 216 g/mol. The Hall–Kier alpha value is -1.42. The fourth-order valence-electron chi connectivity index (χ4n) is 1.88. The number of aliphatic carboxylic acids is 1. The van der Waals surface area contributed by atoms with Crippen molar-refractivity contribution in [2.24, 2.45) is 0 Å². The predicted molar refractivity (Wildman–Crippen MR) is 66.7 cm³/mol. The van der Waals surface area contributed by atoms with Crippen molar-refractivity contribution in [1.29, 1.82) is 0 Å². The normalized spacial score (nSPS) is 13.7. The monoisotopic (exact) mass is 236 g/mol. The summed E-state index contributed by atoms with van der Waals surface area (Å²) in [6.45, 7) is 5.95. The average Bonchev–Trinajstić information content (AvgIpc) is 2.26. The maximum absolute atomic E-state index is 10.8. The number of aromatic nitrogens is 1. The molecule has 0 aliphatic heterocycles. The molecule has 0 bridgehead atoms. The van der Waals surface area contributed by atoms with Gasteiger partial charge in [0.25, 0.3) is 0 Å². The summed E-state index contributed by atoms with van der Waals surface area (Å²) in [4.78, 5) is 16.9. The summed E-state index contributed by atoms with van der Waals surface area (Å²) in [5.41, 5.74) is 0.759. The minimum Gasteiger partial charge on any atom is -0.481 e. The summed E-state index contributed by atoms with van der Waals surface area (Å²) in [5, 5.41) is 8.91. The van der Waals surface area contributed by atoms with Gasteiger partial charge in [-0.05, 0) is 45.5 Å². The zero-order chi connectivity index (χ0) is 13.1. The molecule has 0 aliphatic rings. The molecule has 0 aliphatic carbocycles. The van der Waals surface area contributed by atoms with Crippen molar-refractivity contribution in [3.8, 4) is 0 Å². The lowest BCUT2D eigenvalue weighted by Gasteiger charge is -2.39. The highest BCUT2D eigenvalue weighted by atomic mass is 16.4. The molecule has 4 nitrogen and oxygen atoms in total. The van der Waals surface area contributed by atoms with Gasteiger partial charge < -0.3 is 5.11 Å². The van der Waals surface area contributed by atoms with E-state index >= 15 is 0 Å². The van der Waals surface area contributed by atoms with Crippen LogP contribution in [-0.2, 0) is 4.79 Å². The summed E-state index contributed by atoms with van der Waals surface area (Å²) in [6.07, 6.45) is 3.63. The minimum atomic E-state index is -0.774. The zero-order valence-electron chi connectivity index (χ0n) is 10.8. The molecule has 1 N–H and O–H groups in total. The van der Waals surface area contributed by atoms with E-state index in [2.05, 4.69) is 16.8 Å². The molecular formula is C13H20N2O2. The first-order valence-corrected chi connectivity index (χ1v) is 5.69. The Balaban J connectivity index is 2.82. The van der Waals surface area contributed by atoms with Crippen LogP contribution in [-0.4, -0.2) is 33.5 Å². The highest BCUT2D eigenvalue weighted by molar-refractivity contribution is 5.68. The molecule has 1 unspecified atom stereocenters. The molecule has 1 aromatic heterocycles. The Bertz CT molecular complexity index is 376. The highest BCUT2D eigenvalue weighted by Crippen LogP contribution is 2.27. The van der Waals surface area contributed by atoms with Gasteiger partial charge in [0.15, 0.2) is 0 Å². The van der Waals surface area contributed by atoms with Crippen LogP contribution in [0.1, 0.15) is 38.8 Å². The van der Waals surface area contributed by atoms with Crippen molar-refractivity contribution < 1.29 is 9.90 Å². The molecule has 1 aromatic rings. The lowest BCUT2D eigenvalue weighted by molar-refractivity contribution is -0.140. The van der Waals surface area contributed by atoms with Crippen molar-refractivity contribution in [3.05, 3.63) is 30.1 Å². The third-order valence-corrected chi connectivity index (χ3v) is 3.31. The molecule has 0 saturated carbocycles. The van der Waals surface area contributed by atoms with Crippen LogP contribution in [0.4, 0.5) is 0 Å². The Morgan fingerprint density at radius 1 is 1.47 bits per heavy atom. The SMILES string of the molecule is CC(c1ccncc1)N(C)C(C)(C)CC(=O)O. The number of hydrogen-bond acceptors (Lipinski definition) is 3. The Labute approximate surface area is 102 Å². The lowest BCUT2D eigenvalue weighted by Crippen LogP contribution is -2.44. The van der Waals surface area contributed by atoms with Crippen LogP contribution >= 0.6 is 0 Å². The smallest absolute Gasteiger partial charge is 0.305 e. The minimum absolute atomic E-state index is 0.124. The molecule has 0 aromatic carbocycles. The van der Waals surface area contributed by atoms with E-state index in [4.69, 9.17) is 5.11 Å². The third-order valence-electron chi connectivity index (χ3n) is 3.31. The summed E-state index contributed by atoms with van der Waals surface area (Å²) in [5.74, 6) is -0.774. The average molecular weight is 236 g/mol. The number of carboxylic acid groups (broad SMARTS) is 1. The van der Waals surface area contributed by atoms with Gasteiger partial charge in [-0.2, -0.15) is 0 Å². The molecule has 4 heteroatoms. The molecule has 1 rings (SSSR count). The molecule has 0 amide bonds. The largest absolute Gasteiger partial charge is 0.481 e.